The van der Waals surface area contributed by atoms with Crippen LogP contribution >= 0.6 is 0 Å². The van der Waals surface area contributed by atoms with Crippen molar-refractivity contribution in [1.29, 1.82) is 0 Å². The van der Waals surface area contributed by atoms with Crippen LogP contribution in [0.2, 0.25) is 0 Å². The molecule has 2 fully saturated rings. The van der Waals surface area contributed by atoms with E-state index < -0.39 is 5.85 Å². The molecule has 1 aliphatic heterocycles. The molecule has 3 heteroatoms. The van der Waals surface area contributed by atoms with Crippen molar-refractivity contribution in [1.82, 2.24) is 0 Å². The lowest BCUT2D eigenvalue weighted by Crippen LogP contribution is -2.29. The summed E-state index contributed by atoms with van der Waals surface area (Å²) in [4.78, 5) is 10.9. The molecule has 0 amide bonds. The zero-order chi connectivity index (χ0) is 8.98. The number of hydrogen-bond donors (Lipinski definition) is 0. The second kappa shape index (κ2) is 2.01. The number of carbonyl (C=O) groups is 1. The highest BCUT2D eigenvalue weighted by Crippen LogP contribution is 2.56. The van der Waals surface area contributed by atoms with Gasteiger partial charge in [0.15, 0.2) is 0 Å². The zero-order valence-electron chi connectivity index (χ0n) is 7.39. The molecule has 68 valence electrons. The summed E-state index contributed by atoms with van der Waals surface area (Å²) in [5.74, 6) is -2.24. The van der Waals surface area contributed by atoms with E-state index >= 15 is 0 Å². The third-order valence-electron chi connectivity index (χ3n) is 3.23. The minimum absolute atomic E-state index is 0.0824. The average molecular weight is 172 g/mol. The van der Waals surface area contributed by atoms with Gasteiger partial charge in [-0.1, -0.05) is 13.8 Å². The number of rotatable bonds is 0. The Labute approximate surface area is 71.1 Å². The first kappa shape index (κ1) is 8.02. The van der Waals surface area contributed by atoms with Crippen LogP contribution in [0.15, 0.2) is 0 Å². The van der Waals surface area contributed by atoms with E-state index in [0.717, 1.165) is 6.42 Å². The Hall–Kier alpha value is -0.600. The molecule has 0 aromatic carbocycles. The van der Waals surface area contributed by atoms with Crippen LogP contribution in [0.25, 0.3) is 0 Å². The predicted octanol–water partition coefficient (Wildman–Crippen LogP) is 2.04. The molecule has 0 unspecified atom stereocenters. The number of hydrogen-bond acceptors (Lipinski definition) is 2. The van der Waals surface area contributed by atoms with Gasteiger partial charge < -0.3 is 4.74 Å². The van der Waals surface area contributed by atoms with E-state index in [9.17, 15) is 9.18 Å². The molecule has 1 saturated carbocycles. The molecule has 0 aromatic rings. The standard InChI is InChI=1S/C9H13FO2/c1-8(2)3-4-9(10)6(8)5-7(11)12-9/h6H,3-5H2,1-2H3/t6-,9+/m0/s1. The van der Waals surface area contributed by atoms with Gasteiger partial charge in [-0.05, 0) is 11.8 Å². The number of alkyl halides is 1. The van der Waals surface area contributed by atoms with Gasteiger partial charge in [-0.25, -0.2) is 0 Å². The first-order valence-corrected chi connectivity index (χ1v) is 4.35. The second-order valence-corrected chi connectivity index (χ2v) is 4.51. The van der Waals surface area contributed by atoms with E-state index in [-0.39, 0.29) is 23.7 Å². The molecule has 0 bridgehead atoms. The van der Waals surface area contributed by atoms with E-state index in [1.807, 2.05) is 13.8 Å². The molecule has 12 heavy (non-hydrogen) atoms. The topological polar surface area (TPSA) is 26.3 Å². The van der Waals surface area contributed by atoms with Gasteiger partial charge in [0.2, 0.25) is 0 Å². The van der Waals surface area contributed by atoms with Gasteiger partial charge in [-0.3, -0.25) is 4.79 Å². The Morgan fingerprint density at radius 3 is 2.75 bits per heavy atom. The summed E-state index contributed by atoms with van der Waals surface area (Å²) >= 11 is 0. The van der Waals surface area contributed by atoms with E-state index in [1.54, 1.807) is 0 Å². The monoisotopic (exact) mass is 172 g/mol. The summed E-state index contributed by atoms with van der Waals surface area (Å²) in [7, 11) is 0. The quantitative estimate of drug-likeness (QED) is 0.522. The smallest absolute Gasteiger partial charge is 0.309 e. The Bertz CT molecular complexity index is 237. The van der Waals surface area contributed by atoms with Gasteiger partial charge in [0.25, 0.3) is 5.85 Å². The van der Waals surface area contributed by atoms with Gasteiger partial charge in [-0.15, -0.1) is 0 Å². The number of fused-ring (bicyclic) bond motifs is 1. The van der Waals surface area contributed by atoms with Crippen molar-refractivity contribution < 1.29 is 13.9 Å². The maximum Gasteiger partial charge on any atom is 0.309 e. The lowest BCUT2D eigenvalue weighted by atomic mass is 9.80. The van der Waals surface area contributed by atoms with Crippen molar-refractivity contribution in [3.05, 3.63) is 0 Å². The maximum absolute atomic E-state index is 13.8. The highest BCUT2D eigenvalue weighted by atomic mass is 19.2. The number of esters is 1. The van der Waals surface area contributed by atoms with Crippen LogP contribution < -0.4 is 0 Å². The zero-order valence-corrected chi connectivity index (χ0v) is 7.39. The molecule has 1 aliphatic carbocycles. The summed E-state index contributed by atoms with van der Waals surface area (Å²) in [5.41, 5.74) is -0.0824. The van der Waals surface area contributed by atoms with E-state index in [0.29, 0.717) is 6.42 Å². The molecule has 1 saturated heterocycles. The third-order valence-corrected chi connectivity index (χ3v) is 3.23. The van der Waals surface area contributed by atoms with Crippen LogP contribution in [0.5, 0.6) is 0 Å². The molecule has 2 atom stereocenters. The Morgan fingerprint density at radius 2 is 2.17 bits per heavy atom. The number of carbonyl (C=O) groups excluding carboxylic acids is 1. The summed E-state index contributed by atoms with van der Waals surface area (Å²) in [6.45, 7) is 4.00. The van der Waals surface area contributed by atoms with Crippen LogP contribution in [0.4, 0.5) is 4.39 Å². The summed E-state index contributed by atoms with van der Waals surface area (Å²) in [5, 5.41) is 0. The van der Waals surface area contributed by atoms with Crippen LogP contribution in [0, 0.1) is 11.3 Å². The maximum atomic E-state index is 13.8. The second-order valence-electron chi connectivity index (χ2n) is 4.51. The fourth-order valence-electron chi connectivity index (χ4n) is 2.37. The summed E-state index contributed by atoms with van der Waals surface area (Å²) in [6.07, 6.45) is 1.43. The molecule has 0 spiro atoms. The number of ether oxygens (including phenoxy) is 1. The normalized spacial score (nSPS) is 44.2. The highest BCUT2D eigenvalue weighted by molar-refractivity contribution is 5.73. The van der Waals surface area contributed by atoms with Crippen LogP contribution in [0.1, 0.15) is 33.1 Å². The predicted molar refractivity (Wildman–Crippen MR) is 41.1 cm³/mol. The van der Waals surface area contributed by atoms with Crippen molar-refractivity contribution >= 4 is 5.97 Å². The Balaban J connectivity index is 2.31. The lowest BCUT2D eigenvalue weighted by Gasteiger charge is -2.25. The van der Waals surface area contributed by atoms with Gasteiger partial charge in [0.1, 0.15) is 0 Å². The fraction of sp³-hybridized carbons (Fsp3) is 0.889. The van der Waals surface area contributed by atoms with Crippen LogP contribution in [0.3, 0.4) is 0 Å². The van der Waals surface area contributed by atoms with Crippen molar-refractivity contribution in [3.8, 4) is 0 Å². The summed E-state index contributed by atoms with van der Waals surface area (Å²) < 4.78 is 18.5. The fourth-order valence-corrected chi connectivity index (χ4v) is 2.37. The minimum Gasteiger partial charge on any atom is -0.428 e. The molecule has 0 N–H and O–H groups in total. The van der Waals surface area contributed by atoms with Gasteiger partial charge in [0, 0.05) is 12.3 Å². The SMILES string of the molecule is CC1(C)CC[C@@]2(F)OC(=O)C[C@@H]12. The van der Waals surface area contributed by atoms with E-state index in [1.165, 1.54) is 0 Å². The molecular weight excluding hydrogens is 159 g/mol. The van der Waals surface area contributed by atoms with Gasteiger partial charge in [0.05, 0.1) is 6.42 Å². The first-order valence-electron chi connectivity index (χ1n) is 4.35. The third kappa shape index (κ3) is 0.883. The molecule has 2 nitrogen and oxygen atoms in total. The molecule has 0 aromatic heterocycles. The van der Waals surface area contributed by atoms with Crippen LogP contribution in [-0.2, 0) is 9.53 Å². The Morgan fingerprint density at radius 1 is 1.50 bits per heavy atom. The molecular formula is C9H13FO2. The molecule has 1 heterocycles. The molecule has 2 aliphatic rings. The highest BCUT2D eigenvalue weighted by Gasteiger charge is 2.60. The first-order chi connectivity index (χ1) is 5.44. The number of halogens is 1. The van der Waals surface area contributed by atoms with Crippen molar-refractivity contribution in [3.63, 3.8) is 0 Å². The van der Waals surface area contributed by atoms with E-state index in [2.05, 4.69) is 0 Å². The van der Waals surface area contributed by atoms with Crippen molar-refractivity contribution in [2.75, 3.05) is 0 Å². The van der Waals surface area contributed by atoms with E-state index in [4.69, 9.17) is 4.74 Å². The minimum atomic E-state index is -1.64. The molecule has 2 rings (SSSR count). The summed E-state index contributed by atoms with van der Waals surface area (Å²) in [6, 6.07) is 0. The largest absolute Gasteiger partial charge is 0.428 e. The van der Waals surface area contributed by atoms with Gasteiger partial charge in [-0.2, -0.15) is 4.39 Å². The van der Waals surface area contributed by atoms with Crippen molar-refractivity contribution in [2.45, 2.75) is 39.0 Å². The van der Waals surface area contributed by atoms with Gasteiger partial charge >= 0.3 is 5.97 Å². The van der Waals surface area contributed by atoms with Crippen LogP contribution in [-0.4, -0.2) is 11.8 Å². The molecule has 0 radical (unpaired) electrons. The lowest BCUT2D eigenvalue weighted by molar-refractivity contribution is -0.168. The van der Waals surface area contributed by atoms with Crippen molar-refractivity contribution in [2.24, 2.45) is 11.3 Å². The Kier molecular flexibility index (Phi) is 1.34. The average Bonchev–Trinajstić information content (AvgIpc) is 2.32.